The zero-order valence-corrected chi connectivity index (χ0v) is 11.5. The number of halogens is 1. The van der Waals surface area contributed by atoms with E-state index in [-0.39, 0.29) is 5.91 Å². The van der Waals surface area contributed by atoms with E-state index in [4.69, 9.17) is 0 Å². The summed E-state index contributed by atoms with van der Waals surface area (Å²) in [7, 11) is 0. The summed E-state index contributed by atoms with van der Waals surface area (Å²) in [5.41, 5.74) is 2.69. The molecule has 17 heavy (non-hydrogen) atoms. The Kier molecular flexibility index (Phi) is 3.78. The van der Waals surface area contributed by atoms with Gasteiger partial charge in [0.25, 0.3) is 5.91 Å². The molecule has 0 fully saturated rings. The number of carbonyl (C=O) groups excluding carboxylic acids is 1. The molecule has 4 nitrogen and oxygen atoms in total. The highest BCUT2D eigenvalue weighted by molar-refractivity contribution is 14.1. The lowest BCUT2D eigenvalue weighted by molar-refractivity contribution is 0.0950. The summed E-state index contributed by atoms with van der Waals surface area (Å²) in [6.07, 6.45) is 1.73. The number of aromatic nitrogens is 2. The molecular formula is C12H12IN3O. The molecule has 0 atom stereocenters. The normalized spacial score (nSPS) is 10.2. The van der Waals surface area contributed by atoms with Crippen molar-refractivity contribution < 1.29 is 4.79 Å². The van der Waals surface area contributed by atoms with Gasteiger partial charge in [-0.1, -0.05) is 12.1 Å². The number of rotatable bonds is 3. The summed E-state index contributed by atoms with van der Waals surface area (Å²) >= 11 is 2.16. The first-order valence-electron chi connectivity index (χ1n) is 5.20. The number of aryl methyl sites for hydroxylation is 1. The lowest BCUT2D eigenvalue weighted by Gasteiger charge is -2.06. The number of benzene rings is 1. The molecule has 1 amide bonds. The highest BCUT2D eigenvalue weighted by Gasteiger charge is 2.09. The molecule has 0 saturated heterocycles. The van der Waals surface area contributed by atoms with Gasteiger partial charge in [-0.3, -0.25) is 9.89 Å². The quantitative estimate of drug-likeness (QED) is 0.842. The first kappa shape index (κ1) is 12.1. The molecule has 0 bridgehead atoms. The molecule has 5 heteroatoms. The van der Waals surface area contributed by atoms with E-state index in [0.29, 0.717) is 12.1 Å². The zero-order chi connectivity index (χ0) is 12.3. The first-order valence-corrected chi connectivity index (χ1v) is 6.28. The SMILES string of the molecule is Cc1[nH]ncc1CNC(=O)c1ccccc1I. The Morgan fingerprint density at radius 3 is 2.88 bits per heavy atom. The molecule has 88 valence electrons. The van der Waals surface area contributed by atoms with Gasteiger partial charge in [-0.15, -0.1) is 0 Å². The Balaban J connectivity index is 2.04. The van der Waals surface area contributed by atoms with Gasteiger partial charge >= 0.3 is 0 Å². The summed E-state index contributed by atoms with van der Waals surface area (Å²) in [5, 5.41) is 9.63. The maximum Gasteiger partial charge on any atom is 0.252 e. The molecule has 1 aromatic heterocycles. The lowest BCUT2D eigenvalue weighted by Crippen LogP contribution is -2.23. The van der Waals surface area contributed by atoms with Crippen molar-refractivity contribution >= 4 is 28.5 Å². The fraction of sp³-hybridized carbons (Fsp3) is 0.167. The smallest absolute Gasteiger partial charge is 0.252 e. The number of amides is 1. The van der Waals surface area contributed by atoms with Gasteiger partial charge in [0, 0.05) is 21.4 Å². The largest absolute Gasteiger partial charge is 0.348 e. The summed E-state index contributed by atoms with van der Waals surface area (Å²) in [6.45, 7) is 2.42. The van der Waals surface area contributed by atoms with Crippen molar-refractivity contribution in [2.45, 2.75) is 13.5 Å². The van der Waals surface area contributed by atoms with Gasteiger partial charge < -0.3 is 5.32 Å². The van der Waals surface area contributed by atoms with Gasteiger partial charge in [-0.25, -0.2) is 0 Å². The predicted molar refractivity (Wildman–Crippen MR) is 73.7 cm³/mol. The maximum atomic E-state index is 11.9. The summed E-state index contributed by atoms with van der Waals surface area (Å²) < 4.78 is 0.950. The summed E-state index contributed by atoms with van der Waals surface area (Å²) in [4.78, 5) is 11.9. The van der Waals surface area contributed by atoms with E-state index in [1.54, 1.807) is 6.20 Å². The van der Waals surface area contributed by atoms with Gasteiger partial charge in [-0.05, 0) is 41.6 Å². The van der Waals surface area contributed by atoms with Crippen LogP contribution in [0.4, 0.5) is 0 Å². The molecule has 0 aliphatic rings. The molecule has 2 rings (SSSR count). The topological polar surface area (TPSA) is 57.8 Å². The highest BCUT2D eigenvalue weighted by Crippen LogP contribution is 2.11. The molecule has 0 aliphatic carbocycles. The lowest BCUT2D eigenvalue weighted by atomic mass is 10.2. The van der Waals surface area contributed by atoms with Crippen LogP contribution in [0.1, 0.15) is 21.6 Å². The molecule has 2 N–H and O–H groups in total. The number of hydrogen-bond acceptors (Lipinski definition) is 2. The first-order chi connectivity index (χ1) is 8.18. The van der Waals surface area contributed by atoms with Crippen LogP contribution in [0.15, 0.2) is 30.5 Å². The van der Waals surface area contributed by atoms with Crippen molar-refractivity contribution in [3.05, 3.63) is 50.9 Å². The Morgan fingerprint density at radius 2 is 2.24 bits per heavy atom. The van der Waals surface area contributed by atoms with Crippen molar-refractivity contribution in [3.8, 4) is 0 Å². The second-order valence-electron chi connectivity index (χ2n) is 3.68. The molecule has 2 aromatic rings. The average Bonchev–Trinajstić information content (AvgIpc) is 2.72. The van der Waals surface area contributed by atoms with Gasteiger partial charge in [0.1, 0.15) is 0 Å². The number of nitrogens with zero attached hydrogens (tertiary/aromatic N) is 1. The molecular weight excluding hydrogens is 329 g/mol. The average molecular weight is 341 g/mol. The minimum absolute atomic E-state index is 0.0596. The van der Waals surface area contributed by atoms with Crippen LogP contribution in [0.5, 0.6) is 0 Å². The van der Waals surface area contributed by atoms with E-state index in [1.807, 2.05) is 31.2 Å². The second kappa shape index (κ2) is 5.31. The third kappa shape index (κ3) is 2.85. The number of H-pyrrole nitrogens is 1. The van der Waals surface area contributed by atoms with Crippen LogP contribution in [-0.4, -0.2) is 16.1 Å². The summed E-state index contributed by atoms with van der Waals surface area (Å²) in [5.74, 6) is -0.0596. The highest BCUT2D eigenvalue weighted by atomic mass is 127. The Morgan fingerprint density at radius 1 is 1.47 bits per heavy atom. The Hall–Kier alpha value is -1.37. The van der Waals surface area contributed by atoms with Crippen LogP contribution in [0.3, 0.4) is 0 Å². The fourth-order valence-electron chi connectivity index (χ4n) is 1.47. The number of nitrogens with one attached hydrogen (secondary N) is 2. The van der Waals surface area contributed by atoms with Crippen molar-refractivity contribution in [3.63, 3.8) is 0 Å². The molecule has 1 aromatic carbocycles. The van der Waals surface area contributed by atoms with E-state index in [1.165, 1.54) is 0 Å². The number of carbonyl (C=O) groups is 1. The molecule has 0 saturated carbocycles. The van der Waals surface area contributed by atoms with E-state index < -0.39 is 0 Å². The molecule has 1 heterocycles. The molecule has 0 unspecified atom stereocenters. The van der Waals surface area contributed by atoms with Gasteiger partial charge in [0.2, 0.25) is 0 Å². The van der Waals surface area contributed by atoms with Crippen molar-refractivity contribution in [2.75, 3.05) is 0 Å². The third-order valence-electron chi connectivity index (χ3n) is 2.49. The Bertz CT molecular complexity index is 536. The van der Waals surface area contributed by atoms with Crippen LogP contribution in [0.2, 0.25) is 0 Å². The maximum absolute atomic E-state index is 11.9. The summed E-state index contributed by atoms with van der Waals surface area (Å²) in [6, 6.07) is 7.51. The standard InChI is InChI=1S/C12H12IN3O/c1-8-9(7-15-16-8)6-14-12(17)10-4-2-3-5-11(10)13/h2-5,7H,6H2,1H3,(H,14,17)(H,15,16). The zero-order valence-electron chi connectivity index (χ0n) is 9.33. The minimum atomic E-state index is -0.0596. The van der Waals surface area contributed by atoms with E-state index in [2.05, 4.69) is 38.1 Å². The van der Waals surface area contributed by atoms with Gasteiger partial charge in [0.15, 0.2) is 0 Å². The van der Waals surface area contributed by atoms with Crippen molar-refractivity contribution in [1.29, 1.82) is 0 Å². The van der Waals surface area contributed by atoms with Crippen molar-refractivity contribution in [1.82, 2.24) is 15.5 Å². The van der Waals surface area contributed by atoms with Gasteiger partial charge in [0.05, 0.1) is 11.8 Å². The number of hydrogen-bond donors (Lipinski definition) is 2. The monoisotopic (exact) mass is 341 g/mol. The molecule has 0 aliphatic heterocycles. The van der Waals surface area contributed by atoms with E-state index in [0.717, 1.165) is 14.8 Å². The van der Waals surface area contributed by atoms with Crippen LogP contribution in [0.25, 0.3) is 0 Å². The van der Waals surface area contributed by atoms with Crippen LogP contribution < -0.4 is 5.32 Å². The minimum Gasteiger partial charge on any atom is -0.348 e. The van der Waals surface area contributed by atoms with Crippen LogP contribution in [0, 0.1) is 10.5 Å². The molecule has 0 radical (unpaired) electrons. The number of aromatic amines is 1. The van der Waals surface area contributed by atoms with Crippen LogP contribution in [-0.2, 0) is 6.54 Å². The van der Waals surface area contributed by atoms with E-state index in [9.17, 15) is 4.79 Å². The Labute approximate surface area is 113 Å². The molecule has 0 spiro atoms. The van der Waals surface area contributed by atoms with Crippen LogP contribution >= 0.6 is 22.6 Å². The van der Waals surface area contributed by atoms with E-state index >= 15 is 0 Å². The predicted octanol–water partition coefficient (Wildman–Crippen LogP) is 2.25. The second-order valence-corrected chi connectivity index (χ2v) is 4.84. The van der Waals surface area contributed by atoms with Crippen molar-refractivity contribution in [2.24, 2.45) is 0 Å². The van der Waals surface area contributed by atoms with Gasteiger partial charge in [-0.2, -0.15) is 5.10 Å². The third-order valence-corrected chi connectivity index (χ3v) is 3.43. The fourth-order valence-corrected chi connectivity index (χ4v) is 2.10.